The summed E-state index contributed by atoms with van der Waals surface area (Å²) in [5.41, 5.74) is 3.96. The largest absolute Gasteiger partial charge is 0.390 e. The Morgan fingerprint density at radius 2 is 1.90 bits per heavy atom. The van der Waals surface area contributed by atoms with Crippen LogP contribution in [0.25, 0.3) is 22.8 Å². The molecule has 0 amide bonds. The molecule has 0 unspecified atom stereocenters. The van der Waals surface area contributed by atoms with Crippen molar-refractivity contribution in [2.45, 2.75) is 57.4 Å². The number of hydrogen-bond acceptors (Lipinski definition) is 7. The summed E-state index contributed by atoms with van der Waals surface area (Å²) in [6.45, 7) is 2.79. The van der Waals surface area contributed by atoms with Crippen molar-refractivity contribution in [3.8, 4) is 22.8 Å². The summed E-state index contributed by atoms with van der Waals surface area (Å²) in [5.74, 6) is 1.04. The smallest absolute Gasteiger partial charge is 0.261 e. The highest BCUT2D eigenvalue weighted by atomic mass is 16.5. The van der Waals surface area contributed by atoms with Crippen LogP contribution in [0.2, 0.25) is 0 Å². The molecule has 2 aromatic heterocycles. The second kappa shape index (κ2) is 8.90. The van der Waals surface area contributed by atoms with Gasteiger partial charge in [0, 0.05) is 32.3 Å². The van der Waals surface area contributed by atoms with E-state index in [4.69, 9.17) is 9.26 Å². The fraction of sp³-hybridized carbons (Fsp3) is 0.522. The fourth-order valence-electron chi connectivity index (χ4n) is 4.63. The third-order valence-corrected chi connectivity index (χ3v) is 6.31. The van der Waals surface area contributed by atoms with E-state index in [2.05, 4.69) is 37.0 Å². The van der Waals surface area contributed by atoms with E-state index in [1.54, 1.807) is 7.11 Å². The van der Waals surface area contributed by atoms with Gasteiger partial charge in [0.15, 0.2) is 0 Å². The molecule has 5 rings (SSSR count). The maximum absolute atomic E-state index is 9.43. The maximum atomic E-state index is 9.43. The highest BCUT2D eigenvalue weighted by Gasteiger charge is 2.25. The van der Waals surface area contributed by atoms with E-state index < -0.39 is 0 Å². The third-order valence-electron chi connectivity index (χ3n) is 6.31. The molecule has 1 aliphatic carbocycles. The van der Waals surface area contributed by atoms with Crippen LogP contribution in [-0.4, -0.2) is 56.2 Å². The number of likely N-dealkylation sites (tertiary alicyclic amines) is 1. The van der Waals surface area contributed by atoms with E-state index in [-0.39, 0.29) is 6.10 Å². The Labute approximate surface area is 181 Å². The summed E-state index contributed by atoms with van der Waals surface area (Å²) >= 11 is 0. The first-order valence-electron chi connectivity index (χ1n) is 11.1. The average Bonchev–Trinajstić information content (AvgIpc) is 3.41. The van der Waals surface area contributed by atoms with Crippen molar-refractivity contribution in [3.05, 3.63) is 41.7 Å². The van der Waals surface area contributed by atoms with Crippen molar-refractivity contribution in [3.63, 3.8) is 0 Å². The Kier molecular flexibility index (Phi) is 5.85. The molecular formula is C23H29N5O3. The topological polar surface area (TPSA) is 89.4 Å². The van der Waals surface area contributed by atoms with Gasteiger partial charge in [-0.05, 0) is 18.4 Å². The van der Waals surface area contributed by atoms with Crippen molar-refractivity contribution in [1.82, 2.24) is 24.8 Å². The molecule has 8 nitrogen and oxygen atoms in total. The van der Waals surface area contributed by atoms with Crippen LogP contribution in [-0.2, 0) is 17.9 Å². The minimum atomic E-state index is -0.178. The van der Waals surface area contributed by atoms with Crippen LogP contribution in [0.1, 0.15) is 49.4 Å². The van der Waals surface area contributed by atoms with Crippen LogP contribution in [0.15, 0.2) is 35.0 Å². The molecule has 0 spiro atoms. The molecule has 0 radical (unpaired) electrons. The summed E-state index contributed by atoms with van der Waals surface area (Å²) in [6.07, 6.45) is 7.73. The fourth-order valence-corrected chi connectivity index (χ4v) is 4.63. The molecule has 0 bridgehead atoms. The Bertz CT molecular complexity index is 1000. The summed E-state index contributed by atoms with van der Waals surface area (Å²) in [6, 6.07) is 8.60. The number of nitrogens with zero attached hydrogens (tertiary/aromatic N) is 5. The van der Waals surface area contributed by atoms with Gasteiger partial charge in [0.1, 0.15) is 0 Å². The molecule has 3 heterocycles. The lowest BCUT2D eigenvalue weighted by Crippen LogP contribution is -2.49. The summed E-state index contributed by atoms with van der Waals surface area (Å²) in [5, 5.41) is 18.3. The number of ether oxygens (including phenoxy) is 1. The molecule has 1 saturated carbocycles. The average molecular weight is 424 g/mol. The van der Waals surface area contributed by atoms with Crippen molar-refractivity contribution < 1.29 is 14.4 Å². The molecular weight excluding hydrogens is 394 g/mol. The zero-order valence-electron chi connectivity index (χ0n) is 17.9. The third kappa shape index (κ3) is 4.28. The molecule has 2 fully saturated rings. The molecule has 0 atom stereocenters. The van der Waals surface area contributed by atoms with Gasteiger partial charge in [0.05, 0.1) is 36.2 Å². The second-order valence-corrected chi connectivity index (χ2v) is 8.64. The van der Waals surface area contributed by atoms with E-state index in [1.165, 1.54) is 24.8 Å². The zero-order chi connectivity index (χ0) is 21.2. The van der Waals surface area contributed by atoms with E-state index in [9.17, 15) is 5.11 Å². The number of benzene rings is 1. The van der Waals surface area contributed by atoms with Gasteiger partial charge in [0.25, 0.3) is 5.89 Å². The van der Waals surface area contributed by atoms with Crippen molar-refractivity contribution in [2.75, 3.05) is 20.2 Å². The lowest BCUT2D eigenvalue weighted by Gasteiger charge is -2.35. The van der Waals surface area contributed by atoms with Crippen molar-refractivity contribution in [2.24, 2.45) is 0 Å². The van der Waals surface area contributed by atoms with E-state index >= 15 is 0 Å². The van der Waals surface area contributed by atoms with Gasteiger partial charge in [0.2, 0.25) is 5.82 Å². The molecule has 1 aromatic carbocycles. The number of rotatable bonds is 7. The number of β-amino-alcohol motifs (C(OH)–C–C–N with tert-alkyl or cyclic N) is 1. The minimum Gasteiger partial charge on any atom is -0.390 e. The Morgan fingerprint density at radius 3 is 2.61 bits per heavy atom. The standard InChI is InChI=1S/C23H29N5O3/c1-30-15-21-20(11-24-28(21)18-5-3-2-4-6-18)23-25-22(26-31-23)17-9-7-16(8-10-17)12-27-13-19(29)14-27/h7-11,18-19,29H,2-6,12-15H2,1H3. The normalized spacial score (nSPS) is 18.4. The van der Waals surface area contributed by atoms with Crippen LogP contribution in [0, 0.1) is 0 Å². The first-order valence-corrected chi connectivity index (χ1v) is 11.1. The first kappa shape index (κ1) is 20.4. The molecule has 3 aromatic rings. The number of methoxy groups -OCH3 is 1. The van der Waals surface area contributed by atoms with Crippen LogP contribution in [0.3, 0.4) is 0 Å². The molecule has 2 aliphatic rings. The zero-order valence-corrected chi connectivity index (χ0v) is 17.9. The predicted molar refractivity (Wildman–Crippen MR) is 115 cm³/mol. The number of hydrogen-bond donors (Lipinski definition) is 1. The molecule has 31 heavy (non-hydrogen) atoms. The van der Waals surface area contributed by atoms with Gasteiger partial charge in [-0.25, -0.2) is 0 Å². The number of aliphatic hydroxyl groups is 1. The SMILES string of the molecule is COCc1c(-c2nc(-c3ccc(CN4CC(O)C4)cc3)no2)cnn1C1CCCCC1. The predicted octanol–water partition coefficient (Wildman–Crippen LogP) is 3.43. The van der Waals surface area contributed by atoms with Gasteiger partial charge in [-0.3, -0.25) is 9.58 Å². The van der Waals surface area contributed by atoms with Crippen LogP contribution < -0.4 is 0 Å². The highest BCUT2D eigenvalue weighted by molar-refractivity contribution is 5.61. The Morgan fingerprint density at radius 1 is 1.13 bits per heavy atom. The lowest BCUT2D eigenvalue weighted by atomic mass is 9.95. The Balaban J connectivity index is 1.34. The van der Waals surface area contributed by atoms with Gasteiger partial charge in [-0.1, -0.05) is 48.7 Å². The van der Waals surface area contributed by atoms with E-state index in [0.29, 0.717) is 24.4 Å². The molecule has 1 saturated heterocycles. The van der Waals surface area contributed by atoms with Crippen molar-refractivity contribution in [1.29, 1.82) is 0 Å². The van der Waals surface area contributed by atoms with Crippen LogP contribution in [0.4, 0.5) is 0 Å². The molecule has 1 aliphatic heterocycles. The summed E-state index contributed by atoms with van der Waals surface area (Å²) in [7, 11) is 1.70. The molecule has 8 heteroatoms. The highest BCUT2D eigenvalue weighted by Crippen LogP contribution is 2.33. The van der Waals surface area contributed by atoms with Gasteiger partial charge >= 0.3 is 0 Å². The molecule has 1 N–H and O–H groups in total. The monoisotopic (exact) mass is 423 g/mol. The van der Waals surface area contributed by atoms with E-state index in [0.717, 1.165) is 49.3 Å². The quantitative estimate of drug-likeness (QED) is 0.623. The Hall–Kier alpha value is -2.55. The van der Waals surface area contributed by atoms with Crippen molar-refractivity contribution >= 4 is 0 Å². The number of aliphatic hydroxyl groups excluding tert-OH is 1. The van der Waals surface area contributed by atoms with E-state index in [1.807, 2.05) is 18.3 Å². The first-order chi connectivity index (χ1) is 15.2. The summed E-state index contributed by atoms with van der Waals surface area (Å²) < 4.78 is 13.2. The maximum Gasteiger partial charge on any atom is 0.261 e. The molecule has 164 valence electrons. The van der Waals surface area contributed by atoms with Gasteiger partial charge in [-0.15, -0.1) is 0 Å². The summed E-state index contributed by atoms with van der Waals surface area (Å²) in [4.78, 5) is 6.87. The number of aromatic nitrogens is 4. The lowest BCUT2D eigenvalue weighted by molar-refractivity contribution is -0.00286. The van der Waals surface area contributed by atoms with Crippen LogP contribution in [0.5, 0.6) is 0 Å². The minimum absolute atomic E-state index is 0.178. The van der Waals surface area contributed by atoms with Gasteiger partial charge in [-0.2, -0.15) is 10.1 Å². The van der Waals surface area contributed by atoms with Crippen LogP contribution >= 0.6 is 0 Å². The second-order valence-electron chi connectivity index (χ2n) is 8.64. The van der Waals surface area contributed by atoms with Gasteiger partial charge < -0.3 is 14.4 Å².